The fourth-order valence-corrected chi connectivity index (χ4v) is 4.14. The molecule has 0 aliphatic carbocycles. The first-order valence-corrected chi connectivity index (χ1v) is 12.8. The maximum absolute atomic E-state index is 11.0. The van der Waals surface area contributed by atoms with E-state index in [0.717, 1.165) is 11.1 Å². The monoisotopic (exact) mass is 519 g/mol. The third-order valence-electron chi connectivity index (χ3n) is 6.17. The molecule has 0 saturated heterocycles. The fourth-order valence-electron chi connectivity index (χ4n) is 4.14. The summed E-state index contributed by atoms with van der Waals surface area (Å²) >= 11 is 0. The second kappa shape index (κ2) is 14.9. The number of ether oxygens (including phenoxy) is 2. The number of benzene rings is 3. The molecule has 3 rings (SSSR count). The quantitative estimate of drug-likeness (QED) is 0.258. The van der Waals surface area contributed by atoms with Crippen LogP contribution in [-0.2, 0) is 11.2 Å². The van der Waals surface area contributed by atoms with Crippen molar-refractivity contribution < 1.29 is 29.6 Å². The molecular formula is C31H37NO6. The van der Waals surface area contributed by atoms with Gasteiger partial charge in [-0.05, 0) is 61.2 Å². The van der Waals surface area contributed by atoms with Gasteiger partial charge in [0.05, 0.1) is 0 Å². The summed E-state index contributed by atoms with van der Waals surface area (Å²) in [5.41, 5.74) is 2.60. The van der Waals surface area contributed by atoms with Gasteiger partial charge in [-0.2, -0.15) is 0 Å². The fraction of sp³-hybridized carbons (Fsp3) is 0.323. The standard InChI is InChI=1S/C31H37NO6/c1-23(17-31(35)36)26-15-13-25(14-16-26)18-24(2)32(19-27(33)21-37-29-9-5-3-6-10-29)20-28(34)22-38-30-11-7-4-8-12-30/h3-17,24,27-28,33-34H,18-22H2,1-2H3,(H,35,36)/b23-17+/t24-,27+,28+/m1/s1. The predicted molar refractivity (Wildman–Crippen MR) is 148 cm³/mol. The number of rotatable bonds is 15. The number of carboxylic acids is 1. The molecule has 0 saturated carbocycles. The van der Waals surface area contributed by atoms with Crippen LogP contribution in [0.2, 0.25) is 0 Å². The summed E-state index contributed by atoms with van der Waals surface area (Å²) in [7, 11) is 0. The molecule has 0 aliphatic rings. The van der Waals surface area contributed by atoms with Crippen molar-refractivity contribution in [3.05, 3.63) is 102 Å². The number of carbonyl (C=O) groups is 1. The Labute approximate surface area is 224 Å². The minimum absolute atomic E-state index is 0.00532. The smallest absolute Gasteiger partial charge is 0.328 e. The molecule has 7 nitrogen and oxygen atoms in total. The second-order valence-electron chi connectivity index (χ2n) is 9.43. The Morgan fingerprint density at radius 1 is 0.816 bits per heavy atom. The molecule has 0 unspecified atom stereocenters. The van der Waals surface area contributed by atoms with Crippen molar-refractivity contribution in [3.8, 4) is 11.5 Å². The first-order chi connectivity index (χ1) is 18.3. The Hall–Kier alpha value is -3.65. The van der Waals surface area contributed by atoms with Gasteiger partial charge in [-0.3, -0.25) is 4.90 Å². The first-order valence-electron chi connectivity index (χ1n) is 12.8. The summed E-state index contributed by atoms with van der Waals surface area (Å²) in [6, 6.07) is 26.5. The van der Waals surface area contributed by atoms with Crippen LogP contribution < -0.4 is 9.47 Å². The van der Waals surface area contributed by atoms with Crippen LogP contribution in [-0.4, -0.2) is 70.7 Å². The zero-order valence-electron chi connectivity index (χ0n) is 21.9. The topological polar surface area (TPSA) is 99.5 Å². The van der Waals surface area contributed by atoms with Crippen molar-refractivity contribution in [2.75, 3.05) is 26.3 Å². The van der Waals surface area contributed by atoms with Crippen molar-refractivity contribution in [1.29, 1.82) is 0 Å². The van der Waals surface area contributed by atoms with Crippen molar-refractivity contribution in [3.63, 3.8) is 0 Å². The number of para-hydroxylation sites is 2. The molecule has 0 aliphatic heterocycles. The van der Waals surface area contributed by atoms with Crippen LogP contribution in [0.4, 0.5) is 0 Å². The average molecular weight is 520 g/mol. The lowest BCUT2D eigenvalue weighted by Gasteiger charge is -2.32. The third kappa shape index (κ3) is 10.0. The van der Waals surface area contributed by atoms with Gasteiger partial charge in [-0.1, -0.05) is 60.7 Å². The number of carboxylic acid groups (broad SMARTS) is 1. The van der Waals surface area contributed by atoms with E-state index in [-0.39, 0.29) is 19.3 Å². The summed E-state index contributed by atoms with van der Waals surface area (Å²) in [6.07, 6.45) is 0.356. The molecule has 0 amide bonds. The highest BCUT2D eigenvalue weighted by atomic mass is 16.5. The number of hydrogen-bond acceptors (Lipinski definition) is 6. The lowest BCUT2D eigenvalue weighted by molar-refractivity contribution is -0.131. The predicted octanol–water partition coefficient (Wildman–Crippen LogP) is 4.29. The zero-order chi connectivity index (χ0) is 27.3. The average Bonchev–Trinajstić information content (AvgIpc) is 2.91. The maximum Gasteiger partial charge on any atom is 0.328 e. The number of hydrogen-bond donors (Lipinski definition) is 3. The summed E-state index contributed by atoms with van der Waals surface area (Å²) in [5.74, 6) is 0.407. The lowest BCUT2D eigenvalue weighted by Crippen LogP contribution is -2.46. The van der Waals surface area contributed by atoms with E-state index < -0.39 is 18.2 Å². The van der Waals surface area contributed by atoms with E-state index in [1.165, 1.54) is 6.08 Å². The summed E-state index contributed by atoms with van der Waals surface area (Å²) < 4.78 is 11.5. The highest BCUT2D eigenvalue weighted by Crippen LogP contribution is 2.18. The van der Waals surface area contributed by atoms with Gasteiger partial charge in [0.2, 0.25) is 0 Å². The molecule has 3 aromatic rings. The highest BCUT2D eigenvalue weighted by Gasteiger charge is 2.22. The lowest BCUT2D eigenvalue weighted by atomic mass is 10.0. The molecule has 3 atom stereocenters. The minimum atomic E-state index is -0.972. The van der Waals surface area contributed by atoms with Gasteiger partial charge in [0, 0.05) is 25.2 Å². The van der Waals surface area contributed by atoms with Gasteiger partial charge in [-0.25, -0.2) is 4.79 Å². The molecule has 0 bridgehead atoms. The second-order valence-corrected chi connectivity index (χ2v) is 9.43. The Kier molecular flexibility index (Phi) is 11.4. The molecule has 202 valence electrons. The van der Waals surface area contributed by atoms with E-state index in [1.54, 1.807) is 6.92 Å². The number of nitrogens with zero attached hydrogens (tertiary/aromatic N) is 1. The van der Waals surface area contributed by atoms with Crippen LogP contribution in [0, 0.1) is 0 Å². The molecule has 7 heteroatoms. The van der Waals surface area contributed by atoms with E-state index in [2.05, 4.69) is 6.92 Å². The van der Waals surface area contributed by atoms with E-state index in [4.69, 9.17) is 14.6 Å². The van der Waals surface area contributed by atoms with Gasteiger partial charge in [-0.15, -0.1) is 0 Å². The van der Waals surface area contributed by atoms with Gasteiger partial charge in [0.25, 0.3) is 0 Å². The number of aliphatic carboxylic acids is 1. The van der Waals surface area contributed by atoms with Gasteiger partial charge < -0.3 is 24.8 Å². The van der Waals surface area contributed by atoms with E-state index >= 15 is 0 Å². The Bertz CT molecular complexity index is 1080. The Morgan fingerprint density at radius 2 is 1.29 bits per heavy atom. The van der Waals surface area contributed by atoms with Gasteiger partial charge >= 0.3 is 5.97 Å². The van der Waals surface area contributed by atoms with Gasteiger partial charge in [0.1, 0.15) is 36.9 Å². The first kappa shape index (κ1) is 28.9. The summed E-state index contributed by atoms with van der Waals surface area (Å²) in [4.78, 5) is 13.0. The number of allylic oxidation sites excluding steroid dienone is 1. The molecule has 0 radical (unpaired) electrons. The maximum atomic E-state index is 11.0. The Morgan fingerprint density at radius 3 is 1.74 bits per heavy atom. The van der Waals surface area contributed by atoms with Crippen molar-refractivity contribution in [2.45, 2.75) is 38.5 Å². The SMILES string of the molecule is C/C(=C\C(=O)O)c1ccc(C[C@@H](C)N(C[C@H](O)COc2ccccc2)C[C@H](O)COc2ccccc2)cc1. The molecule has 0 heterocycles. The van der Waals surface area contributed by atoms with Crippen LogP contribution in [0.1, 0.15) is 25.0 Å². The van der Waals surface area contributed by atoms with Crippen LogP contribution in [0.25, 0.3) is 5.57 Å². The summed E-state index contributed by atoms with van der Waals surface area (Å²) in [6.45, 7) is 4.72. The van der Waals surface area contributed by atoms with Crippen molar-refractivity contribution in [2.24, 2.45) is 0 Å². The van der Waals surface area contributed by atoms with Crippen molar-refractivity contribution >= 4 is 11.5 Å². The molecule has 0 spiro atoms. The van der Waals surface area contributed by atoms with E-state index in [9.17, 15) is 15.0 Å². The third-order valence-corrected chi connectivity index (χ3v) is 6.17. The highest BCUT2D eigenvalue weighted by molar-refractivity contribution is 5.89. The van der Waals surface area contributed by atoms with Crippen LogP contribution in [0.3, 0.4) is 0 Å². The largest absolute Gasteiger partial charge is 0.491 e. The zero-order valence-corrected chi connectivity index (χ0v) is 21.9. The van der Waals surface area contributed by atoms with Crippen LogP contribution in [0.15, 0.2) is 91.0 Å². The van der Waals surface area contributed by atoms with Gasteiger partial charge in [0.15, 0.2) is 0 Å². The molecule has 0 fully saturated rings. The molecular weight excluding hydrogens is 482 g/mol. The molecule has 0 aromatic heterocycles. The summed E-state index contributed by atoms with van der Waals surface area (Å²) in [5, 5.41) is 30.5. The number of aliphatic hydroxyl groups is 2. The van der Waals surface area contributed by atoms with E-state index in [1.807, 2.05) is 89.8 Å². The van der Waals surface area contributed by atoms with Crippen molar-refractivity contribution in [1.82, 2.24) is 4.90 Å². The molecule has 38 heavy (non-hydrogen) atoms. The normalized spacial score (nSPS) is 14.1. The Balaban J connectivity index is 1.63. The number of aliphatic hydroxyl groups excluding tert-OH is 2. The van der Waals surface area contributed by atoms with Crippen LogP contribution in [0.5, 0.6) is 11.5 Å². The van der Waals surface area contributed by atoms with Crippen LogP contribution >= 0.6 is 0 Å². The van der Waals surface area contributed by atoms with E-state index in [0.29, 0.717) is 36.6 Å². The molecule has 3 N–H and O–H groups in total. The minimum Gasteiger partial charge on any atom is -0.491 e. The molecule has 3 aromatic carbocycles.